The minimum atomic E-state index is -1.01. The fraction of sp³-hybridized carbons (Fsp3) is 0.583. The number of carboxylic acid groups (broad SMARTS) is 1. The lowest BCUT2D eigenvalue weighted by Crippen LogP contribution is -2.41. The van der Waals surface area contributed by atoms with Gasteiger partial charge in [-0.05, 0) is 12.8 Å². The van der Waals surface area contributed by atoms with E-state index >= 15 is 0 Å². The second kappa shape index (κ2) is 6.33. The lowest BCUT2D eigenvalue weighted by Gasteiger charge is -2.27. The molecule has 1 aromatic heterocycles. The summed E-state index contributed by atoms with van der Waals surface area (Å²) in [7, 11) is 1.27. The number of hydrogen-bond donors (Lipinski definition) is 1. The molecule has 0 aliphatic carbocycles. The van der Waals surface area contributed by atoms with Crippen molar-refractivity contribution in [3.63, 3.8) is 0 Å². The first-order valence-corrected chi connectivity index (χ1v) is 6.59. The normalized spacial score (nSPS) is 18.9. The van der Waals surface area contributed by atoms with Gasteiger partial charge in [0.25, 0.3) is 5.88 Å². The maximum Gasteiger partial charge on any atom is 0.372 e. The Kier molecular flexibility index (Phi) is 4.51. The summed E-state index contributed by atoms with van der Waals surface area (Å²) in [6.45, 7) is 0.401. The summed E-state index contributed by atoms with van der Waals surface area (Å²) < 4.78 is 4.90. The quantitative estimate of drug-likeness (QED) is 0.650. The third kappa shape index (κ3) is 3.01. The molecule has 0 spiro atoms. The molecule has 2 heterocycles. The van der Waals surface area contributed by atoms with Crippen molar-refractivity contribution >= 4 is 17.5 Å². The number of aromatic nitrogens is 2. The average Bonchev–Trinajstić information content (AvgIpc) is 2.71. The van der Waals surface area contributed by atoms with Crippen LogP contribution in [0.4, 0.5) is 11.5 Å². The summed E-state index contributed by atoms with van der Waals surface area (Å²) in [6, 6.07) is -0.828. The van der Waals surface area contributed by atoms with E-state index < -0.39 is 22.6 Å². The van der Waals surface area contributed by atoms with Crippen LogP contribution in [-0.4, -0.2) is 45.7 Å². The van der Waals surface area contributed by atoms with Gasteiger partial charge in [0.15, 0.2) is 0 Å². The molecule has 1 atom stereocenters. The molecule has 0 amide bonds. The zero-order valence-electron chi connectivity index (χ0n) is 11.6. The van der Waals surface area contributed by atoms with Crippen LogP contribution in [0.25, 0.3) is 0 Å². The molecular formula is C12H16N4O5. The van der Waals surface area contributed by atoms with Crippen LogP contribution in [-0.2, 0) is 4.79 Å². The van der Waals surface area contributed by atoms with Gasteiger partial charge in [-0.2, -0.15) is 4.98 Å². The summed E-state index contributed by atoms with van der Waals surface area (Å²) >= 11 is 0. The molecule has 0 radical (unpaired) electrons. The van der Waals surface area contributed by atoms with Gasteiger partial charge in [-0.15, -0.1) is 0 Å². The highest BCUT2D eigenvalue weighted by atomic mass is 16.6. The van der Waals surface area contributed by atoms with E-state index in [1.54, 1.807) is 0 Å². The largest absolute Gasteiger partial charge is 0.480 e. The van der Waals surface area contributed by atoms with Crippen molar-refractivity contribution in [3.8, 4) is 5.88 Å². The standard InChI is InChI=1S/C12H16N4O5/c1-21-11-9(16(19)20)10(13-7-14-11)15-6-4-2-3-5-8(15)12(17)18/h7-8H,2-6H2,1H3,(H,17,18). The molecule has 1 unspecified atom stereocenters. The van der Waals surface area contributed by atoms with E-state index in [-0.39, 0.29) is 11.7 Å². The van der Waals surface area contributed by atoms with E-state index in [1.807, 2.05) is 0 Å². The van der Waals surface area contributed by atoms with E-state index in [0.29, 0.717) is 13.0 Å². The Morgan fingerprint density at radius 3 is 2.86 bits per heavy atom. The summed E-state index contributed by atoms with van der Waals surface area (Å²) in [5.41, 5.74) is -0.395. The van der Waals surface area contributed by atoms with E-state index in [4.69, 9.17) is 4.74 Å². The van der Waals surface area contributed by atoms with Crippen LogP contribution in [0, 0.1) is 10.1 Å². The SMILES string of the molecule is COc1ncnc(N2CCCCCC2C(=O)O)c1[N+](=O)[O-]. The Hall–Kier alpha value is -2.45. The van der Waals surface area contributed by atoms with E-state index in [0.717, 1.165) is 25.6 Å². The lowest BCUT2D eigenvalue weighted by atomic mass is 10.1. The zero-order valence-corrected chi connectivity index (χ0v) is 11.6. The number of anilines is 1. The zero-order chi connectivity index (χ0) is 15.4. The predicted molar refractivity (Wildman–Crippen MR) is 72.5 cm³/mol. The van der Waals surface area contributed by atoms with Crippen LogP contribution >= 0.6 is 0 Å². The molecule has 9 heteroatoms. The molecule has 1 aliphatic heterocycles. The molecule has 0 aromatic carbocycles. The van der Waals surface area contributed by atoms with Crippen molar-refractivity contribution in [2.45, 2.75) is 31.7 Å². The van der Waals surface area contributed by atoms with Crippen LogP contribution < -0.4 is 9.64 Å². The summed E-state index contributed by atoms with van der Waals surface area (Å²) in [5.74, 6) is -1.18. The number of rotatable bonds is 4. The molecule has 9 nitrogen and oxygen atoms in total. The molecular weight excluding hydrogens is 280 g/mol. The molecule has 1 N–H and O–H groups in total. The number of carbonyl (C=O) groups is 1. The van der Waals surface area contributed by atoms with E-state index in [9.17, 15) is 20.0 Å². The molecule has 1 aromatic rings. The maximum absolute atomic E-state index is 11.4. The lowest BCUT2D eigenvalue weighted by molar-refractivity contribution is -0.385. The highest BCUT2D eigenvalue weighted by Crippen LogP contribution is 2.35. The van der Waals surface area contributed by atoms with E-state index in [2.05, 4.69) is 9.97 Å². The second-order valence-corrected chi connectivity index (χ2v) is 4.71. The smallest absolute Gasteiger partial charge is 0.372 e. The minimum Gasteiger partial charge on any atom is -0.480 e. The summed E-state index contributed by atoms with van der Waals surface area (Å²) in [4.78, 5) is 31.2. The van der Waals surface area contributed by atoms with Gasteiger partial charge >= 0.3 is 11.7 Å². The van der Waals surface area contributed by atoms with Crippen molar-refractivity contribution in [2.75, 3.05) is 18.6 Å². The van der Waals surface area contributed by atoms with Crippen molar-refractivity contribution in [1.82, 2.24) is 9.97 Å². The molecule has 0 saturated carbocycles. The monoisotopic (exact) mass is 296 g/mol. The number of nitro groups is 1. The number of carboxylic acids is 1. The first kappa shape index (κ1) is 14.9. The first-order chi connectivity index (χ1) is 10.1. The molecule has 21 heavy (non-hydrogen) atoms. The first-order valence-electron chi connectivity index (χ1n) is 6.59. The van der Waals surface area contributed by atoms with Crippen molar-refractivity contribution in [3.05, 3.63) is 16.4 Å². The van der Waals surface area contributed by atoms with Crippen molar-refractivity contribution in [2.24, 2.45) is 0 Å². The Morgan fingerprint density at radius 1 is 1.48 bits per heavy atom. The van der Waals surface area contributed by atoms with Crippen molar-refractivity contribution < 1.29 is 19.6 Å². The fourth-order valence-corrected chi connectivity index (χ4v) is 2.49. The van der Waals surface area contributed by atoms with Gasteiger partial charge in [0.05, 0.1) is 12.0 Å². The van der Waals surface area contributed by atoms with Crippen LogP contribution in [0.3, 0.4) is 0 Å². The predicted octanol–water partition coefficient (Wildman–Crippen LogP) is 1.23. The summed E-state index contributed by atoms with van der Waals surface area (Å²) in [5, 5.41) is 20.6. The number of methoxy groups -OCH3 is 1. The minimum absolute atomic E-state index is 0.00106. The Morgan fingerprint density at radius 2 is 2.24 bits per heavy atom. The number of nitrogens with zero attached hydrogens (tertiary/aromatic N) is 4. The number of hydrogen-bond acceptors (Lipinski definition) is 7. The van der Waals surface area contributed by atoms with Crippen LogP contribution in [0.2, 0.25) is 0 Å². The van der Waals surface area contributed by atoms with Crippen LogP contribution in [0.15, 0.2) is 6.33 Å². The van der Waals surface area contributed by atoms with E-state index in [1.165, 1.54) is 12.0 Å². The third-order valence-electron chi connectivity index (χ3n) is 3.46. The molecule has 114 valence electrons. The molecule has 2 rings (SSSR count). The Labute approximate surface area is 120 Å². The second-order valence-electron chi connectivity index (χ2n) is 4.71. The van der Waals surface area contributed by atoms with Gasteiger partial charge in [0, 0.05) is 6.54 Å². The fourth-order valence-electron chi connectivity index (χ4n) is 2.49. The maximum atomic E-state index is 11.4. The molecule has 0 bridgehead atoms. The van der Waals surface area contributed by atoms with Crippen LogP contribution in [0.1, 0.15) is 25.7 Å². The molecule has 1 fully saturated rings. The van der Waals surface area contributed by atoms with Crippen LogP contribution in [0.5, 0.6) is 5.88 Å². The molecule has 1 saturated heterocycles. The highest BCUT2D eigenvalue weighted by Gasteiger charge is 2.35. The van der Waals surface area contributed by atoms with Gasteiger partial charge in [0.2, 0.25) is 5.82 Å². The number of ether oxygens (including phenoxy) is 1. The van der Waals surface area contributed by atoms with Crippen molar-refractivity contribution in [1.29, 1.82) is 0 Å². The summed E-state index contributed by atoms with van der Waals surface area (Å²) in [6.07, 6.45) is 3.98. The van der Waals surface area contributed by atoms with Gasteiger partial charge in [-0.3, -0.25) is 10.1 Å². The number of aliphatic carboxylic acids is 1. The Balaban J connectivity index is 2.51. The van der Waals surface area contributed by atoms with Gasteiger partial charge in [-0.1, -0.05) is 12.8 Å². The third-order valence-corrected chi connectivity index (χ3v) is 3.46. The topological polar surface area (TPSA) is 119 Å². The molecule has 1 aliphatic rings. The highest BCUT2D eigenvalue weighted by molar-refractivity contribution is 5.79. The van der Waals surface area contributed by atoms with Gasteiger partial charge < -0.3 is 14.7 Å². The van der Waals surface area contributed by atoms with Gasteiger partial charge in [-0.25, -0.2) is 9.78 Å². The van der Waals surface area contributed by atoms with Gasteiger partial charge in [0.1, 0.15) is 12.4 Å². The Bertz CT molecular complexity index is 550. The average molecular weight is 296 g/mol.